The molecule has 0 radical (unpaired) electrons. The standard InChI is InChI=1S/C18H21N3OS/c1-12(2)17-19-9-10-21(17)11-16-13(3)22-18(20-16)14-5-7-15(23-4)8-6-14/h5-10,12H,11H2,1-4H3. The SMILES string of the molecule is CSc1ccc(-c2nc(Cn3ccnc3C(C)C)c(C)o2)cc1. The van der Waals surface area contributed by atoms with Crippen LogP contribution in [0.2, 0.25) is 0 Å². The number of rotatable bonds is 5. The molecule has 0 spiro atoms. The van der Waals surface area contributed by atoms with Crippen LogP contribution in [0.5, 0.6) is 0 Å². The fraction of sp³-hybridized carbons (Fsp3) is 0.333. The molecule has 0 aliphatic heterocycles. The molecule has 0 fully saturated rings. The van der Waals surface area contributed by atoms with Crippen molar-refractivity contribution in [1.29, 1.82) is 0 Å². The lowest BCUT2D eigenvalue weighted by molar-refractivity contribution is 0.536. The van der Waals surface area contributed by atoms with Gasteiger partial charge < -0.3 is 8.98 Å². The first-order chi connectivity index (χ1) is 11.1. The number of aryl methyl sites for hydroxylation is 1. The third-order valence-corrected chi connectivity index (χ3v) is 4.56. The lowest BCUT2D eigenvalue weighted by Crippen LogP contribution is -2.06. The number of nitrogens with zero attached hydrogens (tertiary/aromatic N) is 3. The Bertz CT molecular complexity index is 787. The second kappa shape index (κ2) is 6.62. The predicted octanol–water partition coefficient (Wildman–Crippen LogP) is 4.74. The van der Waals surface area contributed by atoms with E-state index in [1.54, 1.807) is 11.8 Å². The van der Waals surface area contributed by atoms with Crippen LogP contribution in [0, 0.1) is 6.92 Å². The zero-order valence-electron chi connectivity index (χ0n) is 13.9. The van der Waals surface area contributed by atoms with Gasteiger partial charge in [0.1, 0.15) is 17.3 Å². The Kier molecular flexibility index (Phi) is 4.57. The van der Waals surface area contributed by atoms with Crippen molar-refractivity contribution in [2.45, 2.75) is 38.1 Å². The molecule has 0 N–H and O–H groups in total. The van der Waals surface area contributed by atoms with Gasteiger partial charge in [-0.15, -0.1) is 11.8 Å². The van der Waals surface area contributed by atoms with Crippen LogP contribution in [0.4, 0.5) is 0 Å². The van der Waals surface area contributed by atoms with Gasteiger partial charge in [-0.2, -0.15) is 0 Å². The van der Waals surface area contributed by atoms with Crippen molar-refractivity contribution in [3.63, 3.8) is 0 Å². The average molecular weight is 327 g/mol. The molecule has 0 unspecified atom stereocenters. The maximum absolute atomic E-state index is 5.87. The van der Waals surface area contributed by atoms with E-state index in [0.717, 1.165) is 22.8 Å². The second-order valence-electron chi connectivity index (χ2n) is 5.82. The minimum absolute atomic E-state index is 0.385. The molecule has 0 saturated heterocycles. The summed E-state index contributed by atoms with van der Waals surface area (Å²) >= 11 is 1.73. The van der Waals surface area contributed by atoms with Gasteiger partial charge in [0.15, 0.2) is 0 Å². The van der Waals surface area contributed by atoms with Crippen molar-refractivity contribution >= 4 is 11.8 Å². The smallest absolute Gasteiger partial charge is 0.226 e. The van der Waals surface area contributed by atoms with Crippen LogP contribution in [0.1, 0.15) is 37.0 Å². The number of thioether (sulfide) groups is 1. The topological polar surface area (TPSA) is 43.9 Å². The van der Waals surface area contributed by atoms with Gasteiger partial charge in [-0.1, -0.05) is 13.8 Å². The molecule has 3 rings (SSSR count). The highest BCUT2D eigenvalue weighted by Crippen LogP contribution is 2.25. The van der Waals surface area contributed by atoms with Gasteiger partial charge in [0.2, 0.25) is 5.89 Å². The number of hydrogen-bond donors (Lipinski definition) is 0. The van der Waals surface area contributed by atoms with Gasteiger partial charge in [-0.3, -0.25) is 0 Å². The fourth-order valence-electron chi connectivity index (χ4n) is 2.55. The fourth-order valence-corrected chi connectivity index (χ4v) is 2.96. The van der Waals surface area contributed by atoms with E-state index in [9.17, 15) is 0 Å². The molecule has 2 heterocycles. The molecule has 0 amide bonds. The molecule has 0 aliphatic carbocycles. The lowest BCUT2D eigenvalue weighted by atomic mass is 10.2. The van der Waals surface area contributed by atoms with E-state index in [2.05, 4.69) is 58.9 Å². The van der Waals surface area contributed by atoms with Gasteiger partial charge >= 0.3 is 0 Å². The first-order valence-corrected chi connectivity index (χ1v) is 8.92. The van der Waals surface area contributed by atoms with E-state index in [4.69, 9.17) is 4.42 Å². The quantitative estimate of drug-likeness (QED) is 0.635. The van der Waals surface area contributed by atoms with E-state index < -0.39 is 0 Å². The van der Waals surface area contributed by atoms with E-state index in [-0.39, 0.29) is 0 Å². The molecular weight excluding hydrogens is 306 g/mol. The van der Waals surface area contributed by atoms with Crippen molar-refractivity contribution in [2.75, 3.05) is 6.26 Å². The van der Waals surface area contributed by atoms with Gasteiger partial charge in [-0.05, 0) is 37.4 Å². The van der Waals surface area contributed by atoms with Crippen molar-refractivity contribution in [2.24, 2.45) is 0 Å². The Labute approximate surface area is 141 Å². The van der Waals surface area contributed by atoms with Crippen LogP contribution in [0.15, 0.2) is 46.0 Å². The predicted molar refractivity (Wildman–Crippen MR) is 93.9 cm³/mol. The van der Waals surface area contributed by atoms with Gasteiger partial charge in [0, 0.05) is 28.8 Å². The maximum atomic E-state index is 5.87. The largest absolute Gasteiger partial charge is 0.441 e. The number of aromatic nitrogens is 3. The molecule has 0 atom stereocenters. The molecule has 23 heavy (non-hydrogen) atoms. The van der Waals surface area contributed by atoms with Gasteiger partial charge in [0.05, 0.1) is 6.54 Å². The zero-order valence-corrected chi connectivity index (χ0v) is 14.7. The molecule has 0 bridgehead atoms. The maximum Gasteiger partial charge on any atom is 0.226 e. The van der Waals surface area contributed by atoms with Crippen LogP contribution in [-0.2, 0) is 6.54 Å². The van der Waals surface area contributed by atoms with Crippen molar-refractivity contribution < 1.29 is 4.42 Å². The van der Waals surface area contributed by atoms with Crippen LogP contribution in [0.25, 0.3) is 11.5 Å². The monoisotopic (exact) mass is 327 g/mol. The molecule has 4 nitrogen and oxygen atoms in total. The zero-order chi connectivity index (χ0) is 16.4. The van der Waals surface area contributed by atoms with Crippen LogP contribution < -0.4 is 0 Å². The Morgan fingerprint density at radius 3 is 2.61 bits per heavy atom. The van der Waals surface area contributed by atoms with E-state index in [1.165, 1.54) is 4.90 Å². The molecule has 2 aromatic heterocycles. The first-order valence-electron chi connectivity index (χ1n) is 7.70. The van der Waals surface area contributed by atoms with Gasteiger partial charge in [0.25, 0.3) is 0 Å². The number of hydrogen-bond acceptors (Lipinski definition) is 4. The van der Waals surface area contributed by atoms with Gasteiger partial charge in [-0.25, -0.2) is 9.97 Å². The third kappa shape index (κ3) is 3.34. The normalized spacial score (nSPS) is 11.3. The highest BCUT2D eigenvalue weighted by atomic mass is 32.2. The second-order valence-corrected chi connectivity index (χ2v) is 6.70. The first kappa shape index (κ1) is 15.9. The molecule has 120 valence electrons. The highest BCUT2D eigenvalue weighted by Gasteiger charge is 2.14. The summed E-state index contributed by atoms with van der Waals surface area (Å²) < 4.78 is 8.01. The van der Waals surface area contributed by atoms with Crippen LogP contribution in [-0.4, -0.2) is 20.8 Å². The third-order valence-electron chi connectivity index (χ3n) is 3.81. The number of benzene rings is 1. The summed E-state index contributed by atoms with van der Waals surface area (Å²) in [6.07, 6.45) is 5.91. The molecule has 1 aromatic carbocycles. The summed E-state index contributed by atoms with van der Waals surface area (Å²) in [6.45, 7) is 6.94. The molecule has 0 saturated carbocycles. The van der Waals surface area contributed by atoms with E-state index >= 15 is 0 Å². The summed E-state index contributed by atoms with van der Waals surface area (Å²) in [5.41, 5.74) is 1.96. The summed E-state index contributed by atoms with van der Waals surface area (Å²) in [6, 6.07) is 8.28. The van der Waals surface area contributed by atoms with Crippen LogP contribution >= 0.6 is 11.8 Å². The van der Waals surface area contributed by atoms with Crippen molar-refractivity contribution in [1.82, 2.24) is 14.5 Å². The molecule has 3 aromatic rings. The van der Waals surface area contributed by atoms with Crippen molar-refractivity contribution in [3.05, 3.63) is 53.9 Å². The Balaban J connectivity index is 1.87. The minimum Gasteiger partial charge on any atom is -0.441 e. The summed E-state index contributed by atoms with van der Waals surface area (Å²) in [5, 5.41) is 0. The van der Waals surface area contributed by atoms with Crippen LogP contribution in [0.3, 0.4) is 0 Å². The average Bonchev–Trinajstić information content (AvgIpc) is 3.15. The van der Waals surface area contributed by atoms with Crippen molar-refractivity contribution in [3.8, 4) is 11.5 Å². The lowest BCUT2D eigenvalue weighted by Gasteiger charge is -2.08. The molecular formula is C18H21N3OS. The number of imidazole rings is 1. The molecule has 0 aliphatic rings. The highest BCUT2D eigenvalue weighted by molar-refractivity contribution is 7.98. The number of oxazole rings is 1. The van der Waals surface area contributed by atoms with E-state index in [1.807, 2.05) is 19.3 Å². The Hall–Kier alpha value is -2.01. The summed E-state index contributed by atoms with van der Waals surface area (Å²) in [4.78, 5) is 10.4. The Morgan fingerprint density at radius 1 is 1.22 bits per heavy atom. The Morgan fingerprint density at radius 2 is 1.96 bits per heavy atom. The summed E-state index contributed by atoms with van der Waals surface area (Å²) in [7, 11) is 0. The summed E-state index contributed by atoms with van der Waals surface area (Å²) in [5.74, 6) is 2.99. The minimum atomic E-state index is 0.385. The molecule has 5 heteroatoms. The van der Waals surface area contributed by atoms with E-state index in [0.29, 0.717) is 18.4 Å².